The molecule has 0 bridgehead atoms. The topological polar surface area (TPSA) is 57.5 Å². The van der Waals surface area contributed by atoms with E-state index in [1.165, 1.54) is 38.5 Å². The maximum Gasteiger partial charge on any atom is 0.306 e. The van der Waals surface area contributed by atoms with Crippen molar-refractivity contribution in [3.63, 3.8) is 0 Å². The molecular formula is C23H46NO3+. The molecule has 0 saturated carbocycles. The zero-order chi connectivity index (χ0) is 20.5. The monoisotopic (exact) mass is 384 g/mol. The third kappa shape index (κ3) is 12.9. The molecule has 0 rings (SSSR count). The fraction of sp³-hybridized carbons (Fsp3) is 0.870. The largest absolute Gasteiger partial charge is 0.507 e. The quantitative estimate of drug-likeness (QED) is 0.158. The number of carbonyl (C=O) groups is 1. The van der Waals surface area contributed by atoms with Gasteiger partial charge >= 0.3 is 5.97 Å². The fourth-order valence-corrected chi connectivity index (χ4v) is 3.57. The maximum atomic E-state index is 11.3. The lowest BCUT2D eigenvalue weighted by molar-refractivity contribution is -0.881. The van der Waals surface area contributed by atoms with E-state index in [0.29, 0.717) is 12.2 Å². The molecule has 0 spiro atoms. The lowest BCUT2D eigenvalue weighted by atomic mass is 10.1. The number of carboxylic acid groups (broad SMARTS) is 1. The van der Waals surface area contributed by atoms with Gasteiger partial charge in [0, 0.05) is 12.8 Å². The number of hydrogen-bond donors (Lipinski definition) is 2. The summed E-state index contributed by atoms with van der Waals surface area (Å²) in [5.41, 5.74) is 0. The van der Waals surface area contributed by atoms with Crippen molar-refractivity contribution in [2.24, 2.45) is 5.92 Å². The van der Waals surface area contributed by atoms with E-state index in [0.717, 1.165) is 56.2 Å². The Bertz CT molecular complexity index is 396. The van der Waals surface area contributed by atoms with E-state index in [-0.39, 0.29) is 5.92 Å². The summed E-state index contributed by atoms with van der Waals surface area (Å²) in [5.74, 6) is -0.551. The van der Waals surface area contributed by atoms with Crippen molar-refractivity contribution in [3.8, 4) is 0 Å². The minimum atomic E-state index is -0.719. The standard InChI is InChI=1S/C23H45NO3/c1-5-8-11-12-15-22(25)20-24(17-13-9-6-2,18-14-10-7-3)19-16-21(4)23(26)27/h20-21H,5-19H2,1-4H3,(H-,25,26,27)/p+1/b22-20-. The van der Waals surface area contributed by atoms with Crippen molar-refractivity contribution in [2.45, 2.75) is 105 Å². The van der Waals surface area contributed by atoms with Crippen LogP contribution in [0.25, 0.3) is 0 Å². The first-order valence-electron chi connectivity index (χ1n) is 11.4. The predicted octanol–water partition coefficient (Wildman–Crippen LogP) is 6.66. The molecule has 0 aliphatic carbocycles. The van der Waals surface area contributed by atoms with Crippen LogP contribution in [-0.2, 0) is 4.79 Å². The van der Waals surface area contributed by atoms with Gasteiger partial charge in [-0.25, -0.2) is 0 Å². The average molecular weight is 385 g/mol. The summed E-state index contributed by atoms with van der Waals surface area (Å²) in [6, 6.07) is 0. The first-order chi connectivity index (χ1) is 12.9. The molecule has 0 aromatic heterocycles. The summed E-state index contributed by atoms with van der Waals surface area (Å²) in [6.07, 6.45) is 15.1. The zero-order valence-corrected chi connectivity index (χ0v) is 18.5. The molecule has 0 saturated heterocycles. The van der Waals surface area contributed by atoms with Crippen molar-refractivity contribution < 1.29 is 19.5 Å². The van der Waals surface area contributed by atoms with E-state index in [1.54, 1.807) is 6.92 Å². The van der Waals surface area contributed by atoms with Crippen LogP contribution in [0.4, 0.5) is 0 Å². The number of carboxylic acids is 1. The van der Waals surface area contributed by atoms with Crippen LogP contribution in [0, 0.1) is 5.92 Å². The summed E-state index contributed by atoms with van der Waals surface area (Å²) >= 11 is 0. The number of allylic oxidation sites excluding steroid dienone is 1. The number of unbranched alkanes of at least 4 members (excludes halogenated alkanes) is 7. The molecule has 0 aliphatic heterocycles. The average Bonchev–Trinajstić information content (AvgIpc) is 2.63. The van der Waals surface area contributed by atoms with Crippen LogP contribution >= 0.6 is 0 Å². The minimum absolute atomic E-state index is 0.333. The smallest absolute Gasteiger partial charge is 0.306 e. The lowest BCUT2D eigenvalue weighted by Gasteiger charge is -2.36. The Morgan fingerprint density at radius 3 is 1.81 bits per heavy atom. The molecule has 0 aromatic rings. The van der Waals surface area contributed by atoms with Crippen molar-refractivity contribution in [2.75, 3.05) is 19.6 Å². The first-order valence-corrected chi connectivity index (χ1v) is 11.4. The highest BCUT2D eigenvalue weighted by Crippen LogP contribution is 2.21. The highest BCUT2D eigenvalue weighted by atomic mass is 16.4. The van der Waals surface area contributed by atoms with Gasteiger partial charge in [0.05, 0.1) is 25.6 Å². The summed E-state index contributed by atoms with van der Waals surface area (Å²) in [7, 11) is 0. The van der Waals surface area contributed by atoms with Gasteiger partial charge in [0.15, 0.2) is 0 Å². The SMILES string of the molecule is CCCCCC/C(O)=C/[N+](CCCCC)(CCCCC)CCC(C)C(=O)O. The van der Waals surface area contributed by atoms with Gasteiger partial charge < -0.3 is 10.2 Å². The molecule has 160 valence electrons. The van der Waals surface area contributed by atoms with Gasteiger partial charge in [-0.3, -0.25) is 9.28 Å². The molecule has 0 fully saturated rings. The summed E-state index contributed by atoms with van der Waals surface area (Å²) in [6.45, 7) is 11.2. The fourth-order valence-electron chi connectivity index (χ4n) is 3.57. The summed E-state index contributed by atoms with van der Waals surface area (Å²) in [4.78, 5) is 11.3. The second kappa shape index (κ2) is 16.0. The second-order valence-electron chi connectivity index (χ2n) is 8.26. The number of nitrogens with zero attached hydrogens (tertiary/aromatic N) is 1. The zero-order valence-electron chi connectivity index (χ0n) is 18.5. The van der Waals surface area contributed by atoms with E-state index < -0.39 is 5.97 Å². The Kier molecular flexibility index (Phi) is 15.4. The molecule has 1 unspecified atom stereocenters. The van der Waals surface area contributed by atoms with E-state index in [4.69, 9.17) is 0 Å². The van der Waals surface area contributed by atoms with Crippen LogP contribution in [-0.4, -0.2) is 40.3 Å². The molecule has 4 nitrogen and oxygen atoms in total. The normalized spacial score (nSPS) is 13.7. The molecule has 27 heavy (non-hydrogen) atoms. The maximum absolute atomic E-state index is 11.3. The molecule has 1 atom stereocenters. The Hall–Kier alpha value is -1.03. The Morgan fingerprint density at radius 2 is 1.33 bits per heavy atom. The molecule has 0 aromatic carbocycles. The van der Waals surface area contributed by atoms with Crippen LogP contribution in [0.1, 0.15) is 105 Å². The molecule has 0 aliphatic rings. The third-order valence-electron chi connectivity index (χ3n) is 5.55. The van der Waals surface area contributed by atoms with Crippen LogP contribution in [0.2, 0.25) is 0 Å². The highest BCUT2D eigenvalue weighted by molar-refractivity contribution is 5.69. The Labute approximate surface area is 168 Å². The number of aliphatic hydroxyl groups excluding tert-OH is 1. The molecule has 2 N–H and O–H groups in total. The van der Waals surface area contributed by atoms with Crippen LogP contribution in [0.5, 0.6) is 0 Å². The summed E-state index contributed by atoms with van der Waals surface area (Å²) < 4.78 is 0.747. The second-order valence-corrected chi connectivity index (χ2v) is 8.26. The van der Waals surface area contributed by atoms with Gasteiger partial charge in [-0.1, -0.05) is 59.8 Å². The van der Waals surface area contributed by atoms with Crippen LogP contribution < -0.4 is 0 Å². The van der Waals surface area contributed by atoms with E-state index in [2.05, 4.69) is 27.0 Å². The summed E-state index contributed by atoms with van der Waals surface area (Å²) in [5, 5.41) is 19.9. The minimum Gasteiger partial charge on any atom is -0.507 e. The number of quaternary nitrogens is 1. The van der Waals surface area contributed by atoms with Crippen molar-refractivity contribution in [1.82, 2.24) is 0 Å². The van der Waals surface area contributed by atoms with Gasteiger partial charge in [-0.15, -0.1) is 0 Å². The van der Waals surface area contributed by atoms with Crippen molar-refractivity contribution in [1.29, 1.82) is 0 Å². The van der Waals surface area contributed by atoms with Gasteiger partial charge in [0.2, 0.25) is 0 Å². The highest BCUT2D eigenvalue weighted by Gasteiger charge is 2.27. The number of aliphatic hydroxyl groups is 1. The molecule has 4 heteroatoms. The van der Waals surface area contributed by atoms with E-state index in [1.807, 2.05) is 0 Å². The Morgan fingerprint density at radius 1 is 0.815 bits per heavy atom. The number of rotatable bonds is 18. The number of hydrogen-bond acceptors (Lipinski definition) is 2. The van der Waals surface area contributed by atoms with Gasteiger partial charge in [-0.2, -0.15) is 0 Å². The van der Waals surface area contributed by atoms with Crippen molar-refractivity contribution in [3.05, 3.63) is 12.0 Å². The number of aliphatic carboxylic acids is 1. The van der Waals surface area contributed by atoms with Gasteiger partial charge in [0.1, 0.15) is 12.0 Å². The van der Waals surface area contributed by atoms with E-state index in [9.17, 15) is 15.0 Å². The third-order valence-corrected chi connectivity index (χ3v) is 5.55. The van der Waals surface area contributed by atoms with Gasteiger partial charge in [0.25, 0.3) is 0 Å². The van der Waals surface area contributed by atoms with E-state index >= 15 is 0 Å². The molecular weight excluding hydrogens is 338 g/mol. The predicted molar refractivity (Wildman–Crippen MR) is 115 cm³/mol. The van der Waals surface area contributed by atoms with Crippen LogP contribution in [0.3, 0.4) is 0 Å². The van der Waals surface area contributed by atoms with Gasteiger partial charge in [-0.05, 0) is 32.1 Å². The molecule has 0 heterocycles. The van der Waals surface area contributed by atoms with Crippen molar-refractivity contribution >= 4 is 5.97 Å². The molecule has 0 radical (unpaired) electrons. The Balaban J connectivity index is 5.21. The first kappa shape index (κ1) is 26.0. The molecule has 0 amide bonds. The lowest BCUT2D eigenvalue weighted by Crippen LogP contribution is -2.46. The van der Waals surface area contributed by atoms with Crippen LogP contribution in [0.15, 0.2) is 12.0 Å².